The lowest BCUT2D eigenvalue weighted by molar-refractivity contribution is -0.731. The Kier molecular flexibility index (Phi) is 8.20. The lowest BCUT2D eigenvalue weighted by Gasteiger charge is -2.34. The third-order valence-electron chi connectivity index (χ3n) is 11.1. The van der Waals surface area contributed by atoms with Gasteiger partial charge in [-0.3, -0.25) is 4.57 Å². The van der Waals surface area contributed by atoms with E-state index < -0.39 is 8.07 Å². The highest BCUT2D eigenvalue weighted by atomic mass is 28.3. The molecule has 54 heavy (non-hydrogen) atoms. The zero-order valence-corrected chi connectivity index (χ0v) is 32.6. The van der Waals surface area contributed by atoms with Crippen molar-refractivity contribution >= 4 is 61.7 Å². The van der Waals surface area contributed by atoms with Crippen LogP contribution in [0.5, 0.6) is 0 Å². The molecule has 264 valence electrons. The molecule has 5 heteroatoms. The van der Waals surface area contributed by atoms with Crippen LogP contribution in [0.15, 0.2) is 176 Å². The first kappa shape index (κ1) is 33.8. The van der Waals surface area contributed by atoms with E-state index in [1.54, 1.807) is 0 Å². The fourth-order valence-corrected chi connectivity index (χ4v) is 13.3. The quantitative estimate of drug-likeness (QED) is 0.0922. The van der Waals surface area contributed by atoms with E-state index in [4.69, 9.17) is 4.98 Å². The molecule has 0 aliphatic heterocycles. The molecule has 0 unspecified atom stereocenters. The molecule has 3 heterocycles. The standard InChI is InChI=1S/C49H45N4Si/c1-35(2)36-29-30-50-48(31-36)53-44-24-13-12-23-42(44)43-28-27-41(33-47(43)53)54(38-18-8-6-9-19-38,39-20-10-7-11-21-39)40-22-16-17-37(32-40)51-34-52(49(3,4)5)46-26-15-14-25-45(46)51/h6-35H,1-5H3/q+1. The van der Waals surface area contributed by atoms with Crippen LogP contribution >= 0.6 is 0 Å². The molecule has 0 radical (unpaired) electrons. The van der Waals surface area contributed by atoms with Crippen LogP contribution < -0.4 is 25.3 Å². The van der Waals surface area contributed by atoms with E-state index in [9.17, 15) is 0 Å². The lowest BCUT2D eigenvalue weighted by Crippen LogP contribution is -2.74. The molecule has 0 N–H and O–H groups in total. The molecule has 0 spiro atoms. The van der Waals surface area contributed by atoms with Crippen molar-refractivity contribution in [3.8, 4) is 11.5 Å². The summed E-state index contributed by atoms with van der Waals surface area (Å²) in [5.74, 6) is 1.35. The van der Waals surface area contributed by atoms with Gasteiger partial charge < -0.3 is 0 Å². The van der Waals surface area contributed by atoms with Crippen molar-refractivity contribution in [2.24, 2.45) is 0 Å². The number of hydrogen-bond acceptors (Lipinski definition) is 1. The van der Waals surface area contributed by atoms with Crippen LogP contribution in [0.4, 0.5) is 0 Å². The molecule has 6 aromatic carbocycles. The van der Waals surface area contributed by atoms with Crippen molar-refractivity contribution in [2.45, 2.75) is 46.1 Å². The number of imidazole rings is 1. The van der Waals surface area contributed by atoms with Gasteiger partial charge in [0.15, 0.2) is 19.1 Å². The van der Waals surface area contributed by atoms with E-state index in [0.717, 1.165) is 11.5 Å². The van der Waals surface area contributed by atoms with Gasteiger partial charge in [-0.1, -0.05) is 129 Å². The summed E-state index contributed by atoms with van der Waals surface area (Å²) < 4.78 is 7.14. The van der Waals surface area contributed by atoms with Crippen LogP contribution in [0, 0.1) is 0 Å². The van der Waals surface area contributed by atoms with Crippen molar-refractivity contribution in [2.75, 3.05) is 0 Å². The largest absolute Gasteiger partial charge is 0.294 e. The van der Waals surface area contributed by atoms with Crippen LogP contribution in [0.3, 0.4) is 0 Å². The predicted octanol–water partition coefficient (Wildman–Crippen LogP) is 8.67. The first-order chi connectivity index (χ1) is 26.2. The highest BCUT2D eigenvalue weighted by molar-refractivity contribution is 7.20. The highest BCUT2D eigenvalue weighted by Crippen LogP contribution is 2.32. The average Bonchev–Trinajstić information content (AvgIpc) is 3.76. The number of aromatic nitrogens is 4. The zero-order valence-electron chi connectivity index (χ0n) is 31.6. The number of rotatable bonds is 7. The summed E-state index contributed by atoms with van der Waals surface area (Å²) in [6.45, 7) is 11.3. The van der Waals surface area contributed by atoms with E-state index in [1.807, 2.05) is 6.20 Å². The van der Waals surface area contributed by atoms with Gasteiger partial charge in [-0.05, 0) is 102 Å². The number of benzene rings is 6. The second-order valence-corrected chi connectivity index (χ2v) is 19.5. The lowest BCUT2D eigenvalue weighted by atomic mass is 10.1. The highest BCUT2D eigenvalue weighted by Gasteiger charge is 2.42. The summed E-state index contributed by atoms with van der Waals surface area (Å²) in [5.41, 5.74) is 7.11. The maximum absolute atomic E-state index is 4.99. The average molecular weight is 718 g/mol. The van der Waals surface area contributed by atoms with Crippen molar-refractivity contribution < 1.29 is 4.57 Å². The molecule has 0 amide bonds. The maximum atomic E-state index is 4.99. The van der Waals surface area contributed by atoms with Gasteiger partial charge in [0.25, 0.3) is 0 Å². The number of nitrogens with zero attached hydrogens (tertiary/aromatic N) is 4. The van der Waals surface area contributed by atoms with Crippen LogP contribution in [-0.2, 0) is 5.54 Å². The third kappa shape index (κ3) is 5.42. The Morgan fingerprint density at radius 3 is 1.87 bits per heavy atom. The SMILES string of the molecule is CC(C)c1ccnc(-n2c3ccccc3c3ccc([Si](c4ccccc4)(c4ccccc4)c4cccc(-n5c[n+](C(C)(C)C)c6ccccc65)c4)cc32)c1. The van der Waals surface area contributed by atoms with E-state index >= 15 is 0 Å². The zero-order chi connectivity index (χ0) is 37.0. The minimum atomic E-state index is -2.93. The van der Waals surface area contributed by atoms with Gasteiger partial charge in [0.2, 0.25) is 6.33 Å². The van der Waals surface area contributed by atoms with Crippen molar-refractivity contribution in [1.82, 2.24) is 14.1 Å². The molecule has 0 aliphatic rings. The number of fused-ring (bicyclic) bond motifs is 4. The van der Waals surface area contributed by atoms with E-state index in [2.05, 4.69) is 218 Å². The molecule has 0 fully saturated rings. The summed E-state index contributed by atoms with van der Waals surface area (Å²) in [7, 11) is -2.93. The smallest absolute Gasteiger partial charge is 0.250 e. The normalized spacial score (nSPS) is 12.3. The van der Waals surface area contributed by atoms with Crippen molar-refractivity contribution in [1.29, 1.82) is 0 Å². The summed E-state index contributed by atoms with van der Waals surface area (Å²) >= 11 is 0. The first-order valence-corrected chi connectivity index (χ1v) is 21.0. The van der Waals surface area contributed by atoms with Gasteiger partial charge in [0.05, 0.1) is 11.0 Å². The molecular weight excluding hydrogens is 673 g/mol. The van der Waals surface area contributed by atoms with Gasteiger partial charge >= 0.3 is 0 Å². The summed E-state index contributed by atoms with van der Waals surface area (Å²) in [5, 5.41) is 7.82. The fourth-order valence-electron chi connectivity index (χ4n) is 8.48. The monoisotopic (exact) mass is 717 g/mol. The van der Waals surface area contributed by atoms with Gasteiger partial charge in [0, 0.05) is 17.0 Å². The summed E-state index contributed by atoms with van der Waals surface area (Å²) in [6.07, 6.45) is 4.24. The molecule has 0 saturated heterocycles. The van der Waals surface area contributed by atoms with E-state index in [-0.39, 0.29) is 5.54 Å². The second-order valence-electron chi connectivity index (χ2n) is 15.7. The van der Waals surface area contributed by atoms with E-state index in [1.165, 1.54) is 59.1 Å². The Bertz CT molecular complexity index is 2750. The predicted molar refractivity (Wildman–Crippen MR) is 228 cm³/mol. The van der Waals surface area contributed by atoms with E-state index in [0.29, 0.717) is 5.92 Å². The molecule has 0 atom stereocenters. The topological polar surface area (TPSA) is 26.6 Å². The fraction of sp³-hybridized carbons (Fsp3) is 0.143. The minimum absolute atomic E-state index is 0.0769. The Morgan fingerprint density at radius 1 is 0.556 bits per heavy atom. The molecule has 0 aliphatic carbocycles. The number of hydrogen-bond donors (Lipinski definition) is 0. The minimum Gasteiger partial charge on any atom is -0.294 e. The summed E-state index contributed by atoms with van der Waals surface area (Å²) in [4.78, 5) is 4.99. The van der Waals surface area contributed by atoms with Crippen LogP contribution in [0.1, 0.15) is 46.1 Å². The molecular formula is C49H45N4Si+. The molecule has 0 bridgehead atoms. The molecule has 4 nitrogen and oxygen atoms in total. The molecule has 9 rings (SSSR count). The third-order valence-corrected chi connectivity index (χ3v) is 15.9. The van der Waals surface area contributed by atoms with Crippen LogP contribution in [0.25, 0.3) is 44.3 Å². The Morgan fingerprint density at radius 2 is 1.17 bits per heavy atom. The van der Waals surface area contributed by atoms with Gasteiger partial charge in [-0.25, -0.2) is 9.55 Å². The van der Waals surface area contributed by atoms with Crippen molar-refractivity contribution in [3.05, 3.63) is 182 Å². The van der Waals surface area contributed by atoms with Gasteiger partial charge in [-0.15, -0.1) is 0 Å². The number of para-hydroxylation sites is 3. The van der Waals surface area contributed by atoms with Crippen LogP contribution in [-0.4, -0.2) is 22.2 Å². The number of pyridine rings is 1. The Hall–Kier alpha value is -6.04. The summed E-state index contributed by atoms with van der Waals surface area (Å²) in [6, 6.07) is 60.9. The second kappa shape index (κ2) is 13.1. The van der Waals surface area contributed by atoms with Gasteiger partial charge in [0.1, 0.15) is 17.0 Å². The molecule has 9 aromatic rings. The van der Waals surface area contributed by atoms with Crippen LogP contribution in [0.2, 0.25) is 0 Å². The van der Waals surface area contributed by atoms with Gasteiger partial charge in [-0.2, -0.15) is 4.57 Å². The Labute approximate surface area is 318 Å². The maximum Gasteiger partial charge on any atom is 0.250 e. The Balaban J connectivity index is 1.37. The molecule has 3 aromatic heterocycles. The molecule has 0 saturated carbocycles. The first-order valence-electron chi connectivity index (χ1n) is 19.0. The van der Waals surface area contributed by atoms with Crippen molar-refractivity contribution in [3.63, 3.8) is 0 Å².